The van der Waals surface area contributed by atoms with Gasteiger partial charge in [-0.1, -0.05) is 18.5 Å². The Bertz CT molecular complexity index is 401. The van der Waals surface area contributed by atoms with Crippen LogP contribution in [0.2, 0.25) is 5.02 Å². The van der Waals surface area contributed by atoms with E-state index < -0.39 is 0 Å². The molecule has 2 rings (SSSR count). The van der Waals surface area contributed by atoms with Gasteiger partial charge in [-0.05, 0) is 61.9 Å². The molecule has 1 aromatic rings. The number of nitrogens with one attached hydrogen (secondary N) is 1. The molecule has 3 heteroatoms. The van der Waals surface area contributed by atoms with E-state index in [-0.39, 0.29) is 11.2 Å². The van der Waals surface area contributed by atoms with E-state index in [4.69, 9.17) is 11.6 Å². The van der Waals surface area contributed by atoms with Crippen molar-refractivity contribution >= 4 is 11.6 Å². The smallest absolute Gasteiger partial charge is 0.123 e. The van der Waals surface area contributed by atoms with Crippen LogP contribution in [0, 0.1) is 11.2 Å². The van der Waals surface area contributed by atoms with E-state index in [9.17, 15) is 4.39 Å². The molecule has 1 nitrogen and oxygen atoms in total. The lowest BCUT2D eigenvalue weighted by atomic mass is 9.89. The SMILES string of the molecule is CCNC(C)C1(Cc2cc(F)ccc2Cl)CC1. The van der Waals surface area contributed by atoms with Crippen molar-refractivity contribution in [3.05, 3.63) is 34.6 Å². The zero-order chi connectivity index (χ0) is 12.5. The highest BCUT2D eigenvalue weighted by molar-refractivity contribution is 6.31. The zero-order valence-corrected chi connectivity index (χ0v) is 11.1. The van der Waals surface area contributed by atoms with Crippen LogP contribution in [0.1, 0.15) is 32.3 Å². The third kappa shape index (κ3) is 2.80. The molecule has 1 atom stereocenters. The molecule has 1 saturated carbocycles. The van der Waals surface area contributed by atoms with Crippen LogP contribution in [0.3, 0.4) is 0 Å². The summed E-state index contributed by atoms with van der Waals surface area (Å²) in [5.74, 6) is -0.198. The van der Waals surface area contributed by atoms with Gasteiger partial charge in [0.15, 0.2) is 0 Å². The number of halogens is 2. The van der Waals surface area contributed by atoms with Gasteiger partial charge in [0.05, 0.1) is 0 Å². The standard InChI is InChI=1S/C14H19ClFN/c1-3-17-10(2)14(6-7-14)9-11-8-12(16)4-5-13(11)15/h4-5,8,10,17H,3,6-7,9H2,1-2H3. The molecule has 0 aromatic heterocycles. The monoisotopic (exact) mass is 255 g/mol. The lowest BCUT2D eigenvalue weighted by Crippen LogP contribution is -2.36. The first-order chi connectivity index (χ1) is 8.07. The Kier molecular flexibility index (Phi) is 3.74. The summed E-state index contributed by atoms with van der Waals surface area (Å²) in [5, 5.41) is 4.15. The highest BCUT2D eigenvalue weighted by atomic mass is 35.5. The molecule has 1 aromatic carbocycles. The van der Waals surface area contributed by atoms with Crippen molar-refractivity contribution in [1.29, 1.82) is 0 Å². The number of hydrogen-bond donors (Lipinski definition) is 1. The summed E-state index contributed by atoms with van der Waals surface area (Å²) < 4.78 is 13.2. The van der Waals surface area contributed by atoms with Crippen molar-refractivity contribution < 1.29 is 4.39 Å². The van der Waals surface area contributed by atoms with Crippen LogP contribution in [0.5, 0.6) is 0 Å². The lowest BCUT2D eigenvalue weighted by Gasteiger charge is -2.24. The molecule has 0 aliphatic heterocycles. The Morgan fingerprint density at radius 1 is 1.47 bits per heavy atom. The molecule has 94 valence electrons. The maximum Gasteiger partial charge on any atom is 0.123 e. The van der Waals surface area contributed by atoms with Crippen molar-refractivity contribution in [3.63, 3.8) is 0 Å². The van der Waals surface area contributed by atoms with Crippen LogP contribution in [-0.4, -0.2) is 12.6 Å². The van der Waals surface area contributed by atoms with E-state index >= 15 is 0 Å². The number of hydrogen-bond acceptors (Lipinski definition) is 1. The summed E-state index contributed by atoms with van der Waals surface area (Å²) in [5.41, 5.74) is 1.22. The van der Waals surface area contributed by atoms with Crippen LogP contribution in [-0.2, 0) is 6.42 Å². The van der Waals surface area contributed by atoms with Crippen LogP contribution < -0.4 is 5.32 Å². The first-order valence-corrected chi connectivity index (χ1v) is 6.62. The molecule has 1 N–H and O–H groups in total. The van der Waals surface area contributed by atoms with E-state index in [1.165, 1.54) is 18.9 Å². The van der Waals surface area contributed by atoms with Gasteiger partial charge in [0.25, 0.3) is 0 Å². The predicted molar refractivity (Wildman–Crippen MR) is 69.9 cm³/mol. The Hall–Kier alpha value is -0.600. The predicted octanol–water partition coefficient (Wildman–Crippen LogP) is 3.80. The molecule has 0 spiro atoms. The average Bonchev–Trinajstić information content (AvgIpc) is 3.05. The Morgan fingerprint density at radius 2 is 2.18 bits per heavy atom. The molecule has 1 fully saturated rings. The zero-order valence-electron chi connectivity index (χ0n) is 10.4. The number of rotatable bonds is 5. The highest BCUT2D eigenvalue weighted by Gasteiger charge is 2.47. The second-order valence-electron chi connectivity index (χ2n) is 5.05. The summed E-state index contributed by atoms with van der Waals surface area (Å²) in [6.45, 7) is 5.30. The van der Waals surface area contributed by atoms with Crippen molar-refractivity contribution in [2.24, 2.45) is 5.41 Å². The fourth-order valence-electron chi connectivity index (χ4n) is 2.50. The maximum absolute atomic E-state index is 13.2. The van der Waals surface area contributed by atoms with E-state index in [2.05, 4.69) is 19.2 Å². The van der Waals surface area contributed by atoms with Gasteiger partial charge in [0.2, 0.25) is 0 Å². The third-order valence-corrected chi connectivity index (χ3v) is 4.24. The van der Waals surface area contributed by atoms with Crippen LogP contribution in [0.4, 0.5) is 4.39 Å². The van der Waals surface area contributed by atoms with Gasteiger partial charge < -0.3 is 5.32 Å². The van der Waals surface area contributed by atoms with Gasteiger partial charge in [-0.2, -0.15) is 0 Å². The van der Waals surface area contributed by atoms with Crippen molar-refractivity contribution in [3.8, 4) is 0 Å². The van der Waals surface area contributed by atoms with Gasteiger partial charge in [-0.3, -0.25) is 0 Å². The quantitative estimate of drug-likeness (QED) is 0.844. The molecule has 0 saturated heterocycles. The normalized spacial score (nSPS) is 19.1. The minimum Gasteiger partial charge on any atom is -0.314 e. The van der Waals surface area contributed by atoms with Gasteiger partial charge in [0.1, 0.15) is 5.82 Å². The fourth-order valence-corrected chi connectivity index (χ4v) is 2.69. The summed E-state index contributed by atoms with van der Waals surface area (Å²) >= 11 is 6.12. The summed E-state index contributed by atoms with van der Waals surface area (Å²) in [4.78, 5) is 0. The average molecular weight is 256 g/mol. The molecule has 0 radical (unpaired) electrons. The second kappa shape index (κ2) is 4.95. The first kappa shape index (κ1) is 12.8. The summed E-state index contributed by atoms with van der Waals surface area (Å²) in [6, 6.07) is 5.10. The number of benzene rings is 1. The fraction of sp³-hybridized carbons (Fsp3) is 0.571. The van der Waals surface area contributed by atoms with Crippen molar-refractivity contribution in [1.82, 2.24) is 5.32 Å². The molecule has 1 aliphatic carbocycles. The summed E-state index contributed by atoms with van der Waals surface area (Å²) in [7, 11) is 0. The van der Waals surface area contributed by atoms with Crippen LogP contribution in [0.15, 0.2) is 18.2 Å². The Morgan fingerprint density at radius 3 is 2.76 bits per heavy atom. The van der Waals surface area contributed by atoms with E-state index in [0.717, 1.165) is 18.5 Å². The largest absolute Gasteiger partial charge is 0.314 e. The van der Waals surface area contributed by atoms with E-state index in [1.54, 1.807) is 12.1 Å². The Labute approximate surface area is 107 Å². The van der Waals surface area contributed by atoms with Crippen LogP contribution in [0.25, 0.3) is 0 Å². The highest BCUT2D eigenvalue weighted by Crippen LogP contribution is 2.51. The van der Waals surface area contributed by atoms with Crippen LogP contribution >= 0.6 is 11.6 Å². The molecule has 0 heterocycles. The van der Waals surface area contributed by atoms with Crippen molar-refractivity contribution in [2.75, 3.05) is 6.54 Å². The van der Waals surface area contributed by atoms with Gasteiger partial charge in [0, 0.05) is 11.1 Å². The Balaban J connectivity index is 2.12. The molecular formula is C14H19ClFN. The van der Waals surface area contributed by atoms with Gasteiger partial charge >= 0.3 is 0 Å². The van der Waals surface area contributed by atoms with Gasteiger partial charge in [-0.15, -0.1) is 0 Å². The molecule has 1 unspecified atom stereocenters. The van der Waals surface area contributed by atoms with E-state index in [0.29, 0.717) is 11.1 Å². The molecule has 0 bridgehead atoms. The van der Waals surface area contributed by atoms with Crippen molar-refractivity contribution in [2.45, 2.75) is 39.2 Å². The second-order valence-corrected chi connectivity index (χ2v) is 5.46. The lowest BCUT2D eigenvalue weighted by molar-refractivity contribution is 0.355. The topological polar surface area (TPSA) is 12.0 Å². The first-order valence-electron chi connectivity index (χ1n) is 6.25. The van der Waals surface area contributed by atoms with Gasteiger partial charge in [-0.25, -0.2) is 4.39 Å². The third-order valence-electron chi connectivity index (χ3n) is 3.87. The molecular weight excluding hydrogens is 237 g/mol. The summed E-state index contributed by atoms with van der Waals surface area (Å²) in [6.07, 6.45) is 3.28. The van der Waals surface area contributed by atoms with E-state index in [1.807, 2.05) is 0 Å². The maximum atomic E-state index is 13.2. The molecule has 1 aliphatic rings. The molecule has 17 heavy (non-hydrogen) atoms. The molecule has 0 amide bonds. The minimum atomic E-state index is -0.198. The minimum absolute atomic E-state index is 0.198.